The molecule has 184 valence electrons. The van der Waals surface area contributed by atoms with Gasteiger partial charge in [0.2, 0.25) is 0 Å². The average Bonchev–Trinajstić information content (AvgIpc) is 3.55. The molecular weight excluding hydrogens is 462 g/mol. The Labute approximate surface area is 205 Å². The minimum atomic E-state index is -0.219. The van der Waals surface area contributed by atoms with Crippen molar-refractivity contribution in [3.63, 3.8) is 0 Å². The monoisotopic (exact) mass is 487 g/mol. The number of methoxy groups -OCH3 is 2. The summed E-state index contributed by atoms with van der Waals surface area (Å²) in [6.45, 7) is 1.13. The van der Waals surface area contributed by atoms with E-state index in [-0.39, 0.29) is 24.2 Å². The van der Waals surface area contributed by atoms with Gasteiger partial charge < -0.3 is 24.3 Å². The second-order valence-corrected chi connectivity index (χ2v) is 8.83. The first-order chi connectivity index (χ1) is 17.6. The summed E-state index contributed by atoms with van der Waals surface area (Å²) in [6, 6.07) is 10.9. The van der Waals surface area contributed by atoms with E-state index in [1.54, 1.807) is 22.7 Å². The molecule has 6 rings (SSSR count). The van der Waals surface area contributed by atoms with Crippen LogP contribution in [0.15, 0.2) is 47.4 Å². The first-order valence-electron chi connectivity index (χ1n) is 11.8. The third kappa shape index (κ3) is 3.46. The van der Waals surface area contributed by atoms with Gasteiger partial charge >= 0.3 is 0 Å². The van der Waals surface area contributed by atoms with Crippen LogP contribution in [0.2, 0.25) is 0 Å². The fourth-order valence-electron chi connectivity index (χ4n) is 5.12. The van der Waals surface area contributed by atoms with Gasteiger partial charge in [-0.3, -0.25) is 19.0 Å². The van der Waals surface area contributed by atoms with Gasteiger partial charge in [-0.15, -0.1) is 0 Å². The van der Waals surface area contributed by atoms with Gasteiger partial charge in [0.1, 0.15) is 5.75 Å². The maximum atomic E-state index is 13.8. The summed E-state index contributed by atoms with van der Waals surface area (Å²) in [5.41, 5.74) is 1.91. The van der Waals surface area contributed by atoms with Crippen molar-refractivity contribution in [2.24, 2.45) is 0 Å². The molecule has 0 bridgehead atoms. The predicted molar refractivity (Wildman–Crippen MR) is 136 cm³/mol. The molecule has 1 aliphatic heterocycles. The average molecular weight is 488 g/mol. The Morgan fingerprint density at radius 1 is 1.14 bits per heavy atom. The molecule has 1 amide bonds. The smallest absolute Gasteiger partial charge is 0.267 e. The highest BCUT2D eigenvalue weighted by molar-refractivity contribution is 6.19. The lowest BCUT2D eigenvalue weighted by molar-refractivity contribution is -0.123. The summed E-state index contributed by atoms with van der Waals surface area (Å²) in [5, 5.41) is 5.66. The number of carbonyl (C=O) groups is 1. The molecule has 1 atom stereocenters. The summed E-state index contributed by atoms with van der Waals surface area (Å²) in [5.74, 6) is 1.19. The maximum Gasteiger partial charge on any atom is 0.267 e. The van der Waals surface area contributed by atoms with Crippen molar-refractivity contribution < 1.29 is 23.7 Å². The number of nitrogens with one attached hydrogen (secondary N) is 1. The molecule has 4 heterocycles. The molecule has 1 aliphatic rings. The molecular formula is C27H25N3O6. The first-order valence-corrected chi connectivity index (χ1v) is 11.8. The Morgan fingerprint density at radius 2 is 2.03 bits per heavy atom. The number of aromatic nitrogens is 2. The van der Waals surface area contributed by atoms with Crippen molar-refractivity contribution in [1.82, 2.24) is 14.7 Å². The molecule has 3 aromatic heterocycles. The van der Waals surface area contributed by atoms with Crippen LogP contribution in [-0.4, -0.2) is 55.4 Å². The van der Waals surface area contributed by atoms with Gasteiger partial charge in [-0.2, -0.15) is 0 Å². The molecule has 2 aromatic carbocycles. The standard InChI is InChI=1S/C27H25N3O6/c1-33-21-8-6-18-23(26(21)34-2)27(32)30-20-7-5-15(12-19(20)17-9-10-28-24(18)25(17)30)36-14-22(31)29-13-16-4-3-11-35-16/h5-10,12,16H,3-4,11,13-14H2,1-2H3,(H,29,31). The van der Waals surface area contributed by atoms with E-state index in [0.29, 0.717) is 40.1 Å². The SMILES string of the molecule is COc1ccc2c(c1OC)c(=O)n1c3ccc(OCC(=O)NCC4CCCO4)cc3c3ccnc2c31. The number of hydrogen-bond donors (Lipinski definition) is 1. The third-order valence-electron chi connectivity index (χ3n) is 6.79. The fraction of sp³-hybridized carbons (Fsp3) is 0.296. The Kier molecular flexibility index (Phi) is 5.49. The molecule has 36 heavy (non-hydrogen) atoms. The third-order valence-corrected chi connectivity index (χ3v) is 6.79. The lowest BCUT2D eigenvalue weighted by Crippen LogP contribution is -2.35. The quantitative estimate of drug-likeness (QED) is 0.352. The number of amides is 1. The van der Waals surface area contributed by atoms with E-state index in [9.17, 15) is 9.59 Å². The van der Waals surface area contributed by atoms with Crippen LogP contribution in [-0.2, 0) is 9.53 Å². The zero-order chi connectivity index (χ0) is 24.8. The number of nitrogens with zero attached hydrogens (tertiary/aromatic N) is 2. The normalized spacial score (nSPS) is 15.8. The van der Waals surface area contributed by atoms with Crippen LogP contribution in [0.1, 0.15) is 12.8 Å². The molecule has 1 saturated heterocycles. The highest BCUT2D eigenvalue weighted by atomic mass is 16.5. The summed E-state index contributed by atoms with van der Waals surface area (Å²) >= 11 is 0. The second-order valence-electron chi connectivity index (χ2n) is 8.83. The van der Waals surface area contributed by atoms with Gasteiger partial charge in [-0.25, -0.2) is 0 Å². The molecule has 1 unspecified atom stereocenters. The van der Waals surface area contributed by atoms with E-state index in [0.717, 1.165) is 41.3 Å². The number of rotatable bonds is 7. The number of ether oxygens (including phenoxy) is 4. The molecule has 5 aromatic rings. The van der Waals surface area contributed by atoms with Gasteiger partial charge in [-0.05, 0) is 49.2 Å². The Hall–Kier alpha value is -4.11. The Morgan fingerprint density at radius 3 is 2.81 bits per heavy atom. The number of carbonyl (C=O) groups excluding carboxylic acids is 1. The van der Waals surface area contributed by atoms with E-state index >= 15 is 0 Å². The number of benzene rings is 2. The minimum absolute atomic E-state index is 0.0777. The highest BCUT2D eigenvalue weighted by Gasteiger charge is 2.22. The summed E-state index contributed by atoms with van der Waals surface area (Å²) < 4.78 is 24.0. The van der Waals surface area contributed by atoms with E-state index in [1.165, 1.54) is 14.2 Å². The van der Waals surface area contributed by atoms with Crippen molar-refractivity contribution >= 4 is 44.0 Å². The molecule has 1 fully saturated rings. The Bertz CT molecular complexity index is 1670. The zero-order valence-electron chi connectivity index (χ0n) is 20.0. The molecule has 1 N–H and O–H groups in total. The number of fused-ring (bicyclic) bond motifs is 5. The van der Waals surface area contributed by atoms with Crippen molar-refractivity contribution in [2.45, 2.75) is 18.9 Å². The van der Waals surface area contributed by atoms with Gasteiger partial charge in [0.25, 0.3) is 11.5 Å². The van der Waals surface area contributed by atoms with Crippen LogP contribution in [0.5, 0.6) is 17.2 Å². The second kappa shape index (κ2) is 8.83. The minimum Gasteiger partial charge on any atom is -0.493 e. The predicted octanol–water partition coefficient (Wildman–Crippen LogP) is 3.28. The van der Waals surface area contributed by atoms with Crippen LogP contribution in [0.25, 0.3) is 38.1 Å². The van der Waals surface area contributed by atoms with E-state index in [1.807, 2.05) is 24.3 Å². The number of pyridine rings is 2. The first kappa shape index (κ1) is 22.4. The lowest BCUT2D eigenvalue weighted by Gasteiger charge is -2.12. The molecule has 9 heteroatoms. The maximum absolute atomic E-state index is 13.8. The Balaban J connectivity index is 1.42. The van der Waals surface area contributed by atoms with Crippen LogP contribution in [0, 0.1) is 0 Å². The summed E-state index contributed by atoms with van der Waals surface area (Å²) in [7, 11) is 3.06. The zero-order valence-corrected chi connectivity index (χ0v) is 20.0. The van der Waals surface area contributed by atoms with Crippen molar-refractivity contribution in [2.75, 3.05) is 34.0 Å². The number of hydrogen-bond acceptors (Lipinski definition) is 7. The fourth-order valence-corrected chi connectivity index (χ4v) is 5.12. The van der Waals surface area contributed by atoms with E-state index in [2.05, 4.69) is 10.3 Å². The van der Waals surface area contributed by atoms with Crippen LogP contribution < -0.4 is 25.1 Å². The summed E-state index contributed by atoms with van der Waals surface area (Å²) in [4.78, 5) is 30.7. The largest absolute Gasteiger partial charge is 0.493 e. The van der Waals surface area contributed by atoms with Crippen molar-refractivity contribution in [3.05, 3.63) is 52.9 Å². The van der Waals surface area contributed by atoms with Gasteiger partial charge in [-0.1, -0.05) is 0 Å². The highest BCUT2D eigenvalue weighted by Crippen LogP contribution is 2.39. The molecule has 0 aliphatic carbocycles. The van der Waals surface area contributed by atoms with Crippen LogP contribution in [0.3, 0.4) is 0 Å². The lowest BCUT2D eigenvalue weighted by atomic mass is 10.1. The molecule has 0 saturated carbocycles. The van der Waals surface area contributed by atoms with E-state index in [4.69, 9.17) is 18.9 Å². The molecule has 9 nitrogen and oxygen atoms in total. The van der Waals surface area contributed by atoms with Crippen LogP contribution >= 0.6 is 0 Å². The topological polar surface area (TPSA) is 100 Å². The van der Waals surface area contributed by atoms with Gasteiger partial charge in [0.05, 0.1) is 42.3 Å². The van der Waals surface area contributed by atoms with E-state index < -0.39 is 0 Å². The van der Waals surface area contributed by atoms with Crippen molar-refractivity contribution in [3.8, 4) is 17.2 Å². The summed E-state index contributed by atoms with van der Waals surface area (Å²) in [6.07, 6.45) is 3.79. The van der Waals surface area contributed by atoms with Crippen molar-refractivity contribution in [1.29, 1.82) is 0 Å². The molecule has 0 spiro atoms. The molecule has 0 radical (unpaired) electrons. The van der Waals surface area contributed by atoms with Gasteiger partial charge in [0.15, 0.2) is 18.1 Å². The van der Waals surface area contributed by atoms with Crippen LogP contribution in [0.4, 0.5) is 0 Å². The van der Waals surface area contributed by atoms with Gasteiger partial charge in [0, 0.05) is 35.5 Å².